The number of alkyl halides is 9. The van der Waals surface area contributed by atoms with E-state index in [-0.39, 0.29) is 41.8 Å². The molecule has 1 fully saturated rings. The Morgan fingerprint density at radius 3 is 2.36 bits per heavy atom. The highest BCUT2D eigenvalue weighted by molar-refractivity contribution is 6.30. The van der Waals surface area contributed by atoms with E-state index in [4.69, 9.17) is 11.6 Å². The van der Waals surface area contributed by atoms with E-state index in [1.54, 1.807) is 0 Å². The van der Waals surface area contributed by atoms with Crippen LogP contribution in [-0.2, 0) is 21.4 Å². The summed E-state index contributed by atoms with van der Waals surface area (Å²) in [4.78, 5) is 30.1. The standard InChI is InChI=1S/C25H18ClF10N3O3/c1-11-6-12(2-3-14(11)20(40)37-17-4-5-39(21(17)41)10-23(28,29)30)18-9-22(42-38-18,25(34,35)36)15-7-13(24(31,32)33)8-16(26)19(15)27/h2-3,6-8,17H,4-5,9-10H2,1H3,(H,37,40)/t17-,22?/m1/s1. The highest BCUT2D eigenvalue weighted by atomic mass is 35.5. The van der Waals surface area contributed by atoms with E-state index in [1.807, 2.05) is 0 Å². The summed E-state index contributed by atoms with van der Waals surface area (Å²) in [6.07, 6.45) is -16.6. The molecular weight excluding hydrogens is 616 g/mol. The first kappa shape index (κ1) is 31.4. The van der Waals surface area contributed by atoms with E-state index < -0.39 is 82.6 Å². The summed E-state index contributed by atoms with van der Waals surface area (Å²) in [5.74, 6) is -3.56. The molecule has 2 aromatic carbocycles. The van der Waals surface area contributed by atoms with E-state index in [0.29, 0.717) is 4.90 Å². The van der Waals surface area contributed by atoms with Gasteiger partial charge in [-0.25, -0.2) is 4.39 Å². The van der Waals surface area contributed by atoms with Crippen LogP contribution in [0.3, 0.4) is 0 Å². The van der Waals surface area contributed by atoms with Crippen molar-refractivity contribution in [3.8, 4) is 0 Å². The average molecular weight is 634 g/mol. The normalized spacial score (nSPS) is 21.4. The largest absolute Gasteiger partial charge is 0.435 e. The number of likely N-dealkylation sites (tertiary alicyclic amines) is 1. The summed E-state index contributed by atoms with van der Waals surface area (Å²) in [6.45, 7) is -0.351. The van der Waals surface area contributed by atoms with Crippen molar-refractivity contribution >= 4 is 29.1 Å². The SMILES string of the molecule is Cc1cc(C2=NOC(c3cc(C(F)(F)F)cc(Cl)c3F)(C(F)(F)F)C2)ccc1C(=O)N[C@@H]1CCN(CC(F)(F)F)C1=O. The molecule has 1 N–H and O–H groups in total. The lowest BCUT2D eigenvalue weighted by Crippen LogP contribution is -2.44. The van der Waals surface area contributed by atoms with Gasteiger partial charge < -0.3 is 15.1 Å². The number of hydrogen-bond acceptors (Lipinski definition) is 4. The van der Waals surface area contributed by atoms with Crippen molar-refractivity contribution in [2.45, 2.75) is 49.9 Å². The maximum atomic E-state index is 14.8. The zero-order valence-corrected chi connectivity index (χ0v) is 21.8. The molecule has 1 unspecified atom stereocenters. The minimum atomic E-state index is -5.46. The third kappa shape index (κ3) is 5.99. The summed E-state index contributed by atoms with van der Waals surface area (Å²) in [5, 5.41) is 4.49. The summed E-state index contributed by atoms with van der Waals surface area (Å²) in [7, 11) is 0. The molecule has 0 spiro atoms. The van der Waals surface area contributed by atoms with Crippen LogP contribution < -0.4 is 5.32 Å². The second-order valence-electron chi connectivity index (χ2n) is 9.67. The number of amides is 2. The van der Waals surface area contributed by atoms with Crippen LogP contribution in [0, 0.1) is 12.7 Å². The van der Waals surface area contributed by atoms with Gasteiger partial charge in [0.1, 0.15) is 18.4 Å². The Hall–Kier alpha value is -3.56. The molecule has 0 aromatic heterocycles. The second-order valence-corrected chi connectivity index (χ2v) is 10.1. The van der Waals surface area contributed by atoms with Gasteiger partial charge in [-0.3, -0.25) is 9.59 Å². The van der Waals surface area contributed by atoms with Crippen LogP contribution in [0.1, 0.15) is 45.5 Å². The molecule has 42 heavy (non-hydrogen) atoms. The predicted octanol–water partition coefficient (Wildman–Crippen LogP) is 6.28. The van der Waals surface area contributed by atoms with Crippen molar-refractivity contribution in [2.75, 3.05) is 13.1 Å². The Morgan fingerprint density at radius 2 is 1.79 bits per heavy atom. The monoisotopic (exact) mass is 633 g/mol. The molecule has 4 rings (SSSR count). The van der Waals surface area contributed by atoms with Crippen molar-refractivity contribution in [3.05, 3.63) is 69.0 Å². The lowest BCUT2D eigenvalue weighted by molar-refractivity contribution is -0.276. The fourth-order valence-corrected chi connectivity index (χ4v) is 4.88. The molecule has 0 saturated carbocycles. The molecule has 2 amide bonds. The molecule has 2 atom stereocenters. The maximum absolute atomic E-state index is 14.8. The number of aryl methyl sites for hydroxylation is 1. The van der Waals surface area contributed by atoms with Crippen molar-refractivity contribution in [1.29, 1.82) is 0 Å². The number of carbonyl (C=O) groups excluding carboxylic acids is 2. The number of oxime groups is 1. The first-order valence-corrected chi connectivity index (χ1v) is 12.3. The molecule has 0 aliphatic carbocycles. The first-order chi connectivity index (χ1) is 19.2. The van der Waals surface area contributed by atoms with Crippen molar-refractivity contribution in [1.82, 2.24) is 10.2 Å². The zero-order valence-electron chi connectivity index (χ0n) is 21.1. The second kappa shape index (κ2) is 10.6. The molecule has 0 radical (unpaired) electrons. The highest BCUT2D eigenvalue weighted by Gasteiger charge is 2.64. The van der Waals surface area contributed by atoms with E-state index in [0.717, 1.165) is 12.1 Å². The van der Waals surface area contributed by atoms with Gasteiger partial charge in [-0.2, -0.15) is 39.5 Å². The number of nitrogens with zero attached hydrogens (tertiary/aromatic N) is 2. The minimum absolute atomic E-state index is 0.0496. The van der Waals surface area contributed by atoms with Gasteiger partial charge in [0.05, 0.1) is 22.7 Å². The quantitative estimate of drug-likeness (QED) is 0.394. The van der Waals surface area contributed by atoms with Crippen LogP contribution in [0.4, 0.5) is 43.9 Å². The molecule has 6 nitrogen and oxygen atoms in total. The summed E-state index contributed by atoms with van der Waals surface area (Å²) in [5.41, 5.74) is -7.25. The van der Waals surface area contributed by atoms with E-state index >= 15 is 0 Å². The number of hydrogen-bond donors (Lipinski definition) is 1. The molecular formula is C25H18ClF10N3O3. The molecule has 0 bridgehead atoms. The molecule has 2 aliphatic heterocycles. The number of carbonyl (C=O) groups is 2. The Kier molecular flexibility index (Phi) is 7.93. The summed E-state index contributed by atoms with van der Waals surface area (Å²) < 4.78 is 135. The van der Waals surface area contributed by atoms with Gasteiger partial charge in [-0.1, -0.05) is 22.8 Å². The molecule has 17 heteroatoms. The van der Waals surface area contributed by atoms with Crippen LogP contribution in [0.15, 0.2) is 35.5 Å². The number of rotatable bonds is 5. The van der Waals surface area contributed by atoms with Crippen LogP contribution in [-0.4, -0.2) is 53.9 Å². The van der Waals surface area contributed by atoms with Crippen molar-refractivity contribution in [3.63, 3.8) is 0 Å². The smallest absolute Gasteiger partial charge is 0.374 e. The zero-order chi connectivity index (χ0) is 31.4. The van der Waals surface area contributed by atoms with Crippen molar-refractivity contribution < 1.29 is 58.3 Å². The van der Waals surface area contributed by atoms with Gasteiger partial charge in [-0.05, 0) is 48.7 Å². The van der Waals surface area contributed by atoms with Crippen LogP contribution in [0.5, 0.6) is 0 Å². The number of benzene rings is 2. The van der Waals surface area contributed by atoms with Crippen LogP contribution in [0.2, 0.25) is 5.02 Å². The fraction of sp³-hybridized carbons (Fsp3) is 0.400. The van der Waals surface area contributed by atoms with E-state index in [1.165, 1.54) is 13.0 Å². The van der Waals surface area contributed by atoms with Gasteiger partial charge in [0.25, 0.3) is 11.5 Å². The fourth-order valence-electron chi connectivity index (χ4n) is 4.66. The van der Waals surface area contributed by atoms with E-state index in [9.17, 15) is 53.5 Å². The Morgan fingerprint density at radius 1 is 1.12 bits per heavy atom. The molecule has 2 heterocycles. The van der Waals surface area contributed by atoms with Gasteiger partial charge >= 0.3 is 18.5 Å². The number of nitrogens with one attached hydrogen (secondary N) is 1. The number of halogens is 11. The topological polar surface area (TPSA) is 71.0 Å². The van der Waals surface area contributed by atoms with Gasteiger partial charge in [-0.15, -0.1) is 0 Å². The molecule has 228 valence electrons. The highest BCUT2D eigenvalue weighted by Crippen LogP contribution is 2.51. The lowest BCUT2D eigenvalue weighted by atomic mass is 9.85. The maximum Gasteiger partial charge on any atom is 0.435 e. The van der Waals surface area contributed by atoms with Crippen LogP contribution >= 0.6 is 11.6 Å². The third-order valence-electron chi connectivity index (χ3n) is 6.75. The Balaban J connectivity index is 1.57. The van der Waals surface area contributed by atoms with Gasteiger partial charge in [0.15, 0.2) is 0 Å². The lowest BCUT2D eigenvalue weighted by Gasteiger charge is -2.30. The summed E-state index contributed by atoms with van der Waals surface area (Å²) >= 11 is 5.50. The predicted molar refractivity (Wildman–Crippen MR) is 126 cm³/mol. The average Bonchev–Trinajstić information content (AvgIpc) is 3.44. The molecule has 2 aliphatic rings. The van der Waals surface area contributed by atoms with Crippen molar-refractivity contribution in [2.24, 2.45) is 5.16 Å². The molecule has 1 saturated heterocycles. The first-order valence-electron chi connectivity index (χ1n) is 11.9. The summed E-state index contributed by atoms with van der Waals surface area (Å²) in [6, 6.07) is 2.34. The van der Waals surface area contributed by atoms with Crippen LogP contribution in [0.25, 0.3) is 0 Å². The molecule has 2 aromatic rings. The minimum Gasteiger partial charge on any atom is -0.374 e. The van der Waals surface area contributed by atoms with Gasteiger partial charge in [0, 0.05) is 17.7 Å². The Bertz CT molecular complexity index is 1450. The Labute approximate surface area is 235 Å². The van der Waals surface area contributed by atoms with Gasteiger partial charge in [0.2, 0.25) is 5.91 Å². The third-order valence-corrected chi connectivity index (χ3v) is 7.03. The van der Waals surface area contributed by atoms with E-state index in [2.05, 4.69) is 15.3 Å².